The number of para-hydroxylation sites is 1. The maximum Gasteiger partial charge on any atom is 0.238 e. The van der Waals surface area contributed by atoms with Crippen LogP contribution in [0.4, 0.5) is 5.69 Å². The molecule has 90 valence electrons. The van der Waals surface area contributed by atoms with Gasteiger partial charge in [0.1, 0.15) is 6.07 Å². The molecule has 0 aliphatic rings. The highest BCUT2D eigenvalue weighted by Gasteiger charge is 2.08. The Kier molecular flexibility index (Phi) is 5.14. The number of nitriles is 1. The summed E-state index contributed by atoms with van der Waals surface area (Å²) in [6, 6.07) is 8.94. The van der Waals surface area contributed by atoms with Crippen molar-refractivity contribution in [1.29, 1.82) is 5.26 Å². The van der Waals surface area contributed by atoms with Crippen LogP contribution >= 0.6 is 0 Å². The van der Waals surface area contributed by atoms with Crippen molar-refractivity contribution in [2.24, 2.45) is 5.73 Å². The van der Waals surface area contributed by atoms with Gasteiger partial charge in [-0.1, -0.05) is 12.1 Å². The van der Waals surface area contributed by atoms with Gasteiger partial charge in [0.2, 0.25) is 5.91 Å². The maximum atomic E-state index is 11.7. The third-order valence-corrected chi connectivity index (χ3v) is 2.25. The molecule has 0 unspecified atom stereocenters. The number of carbonyl (C=O) groups excluding carboxylic acids is 1. The van der Waals surface area contributed by atoms with Crippen LogP contribution in [0.25, 0.3) is 0 Å². The van der Waals surface area contributed by atoms with Gasteiger partial charge in [0.25, 0.3) is 0 Å². The predicted molar refractivity (Wildman–Crippen MR) is 66.3 cm³/mol. The van der Waals surface area contributed by atoms with Crippen LogP contribution in [-0.2, 0) is 4.79 Å². The SMILES string of the molecule is CN(CCN)CC(=O)Nc1ccccc1C#N. The second-order valence-corrected chi connectivity index (χ2v) is 3.73. The van der Waals surface area contributed by atoms with Gasteiger partial charge >= 0.3 is 0 Å². The molecule has 5 heteroatoms. The van der Waals surface area contributed by atoms with Gasteiger partial charge < -0.3 is 11.1 Å². The summed E-state index contributed by atoms with van der Waals surface area (Å²) in [5.41, 5.74) is 6.39. The zero-order valence-corrected chi connectivity index (χ0v) is 9.81. The quantitative estimate of drug-likeness (QED) is 0.769. The van der Waals surface area contributed by atoms with E-state index in [0.29, 0.717) is 24.3 Å². The smallest absolute Gasteiger partial charge is 0.238 e. The summed E-state index contributed by atoms with van der Waals surface area (Å²) in [4.78, 5) is 13.5. The maximum absolute atomic E-state index is 11.7. The van der Waals surface area contributed by atoms with Gasteiger partial charge in [-0.25, -0.2) is 0 Å². The Morgan fingerprint density at radius 1 is 1.53 bits per heavy atom. The van der Waals surface area contributed by atoms with E-state index < -0.39 is 0 Å². The average molecular weight is 232 g/mol. The average Bonchev–Trinajstić information content (AvgIpc) is 2.29. The van der Waals surface area contributed by atoms with Crippen molar-refractivity contribution in [3.05, 3.63) is 29.8 Å². The first-order valence-corrected chi connectivity index (χ1v) is 5.35. The van der Waals surface area contributed by atoms with Crippen LogP contribution in [0.3, 0.4) is 0 Å². The minimum atomic E-state index is -0.149. The van der Waals surface area contributed by atoms with Crippen molar-refractivity contribution in [3.63, 3.8) is 0 Å². The molecule has 1 aromatic carbocycles. The minimum absolute atomic E-state index is 0.149. The minimum Gasteiger partial charge on any atom is -0.329 e. The first-order valence-electron chi connectivity index (χ1n) is 5.35. The summed E-state index contributed by atoms with van der Waals surface area (Å²) in [5, 5.41) is 11.6. The summed E-state index contributed by atoms with van der Waals surface area (Å²) in [6.45, 7) is 1.43. The Morgan fingerprint density at radius 2 is 2.24 bits per heavy atom. The molecule has 3 N–H and O–H groups in total. The van der Waals surface area contributed by atoms with Crippen molar-refractivity contribution >= 4 is 11.6 Å². The molecule has 0 aromatic heterocycles. The zero-order valence-electron chi connectivity index (χ0n) is 9.81. The molecular formula is C12H16N4O. The molecule has 1 rings (SSSR count). The Hall–Kier alpha value is -1.90. The summed E-state index contributed by atoms with van der Waals surface area (Å²) in [7, 11) is 1.82. The summed E-state index contributed by atoms with van der Waals surface area (Å²) in [5.74, 6) is -0.149. The van der Waals surface area contributed by atoms with Crippen LogP contribution in [0.2, 0.25) is 0 Å². The van der Waals surface area contributed by atoms with E-state index in [-0.39, 0.29) is 12.5 Å². The molecule has 0 aliphatic heterocycles. The van der Waals surface area contributed by atoms with Crippen molar-refractivity contribution in [2.45, 2.75) is 0 Å². The lowest BCUT2D eigenvalue weighted by atomic mass is 10.2. The number of nitrogens with zero attached hydrogens (tertiary/aromatic N) is 2. The van der Waals surface area contributed by atoms with Crippen LogP contribution in [0.5, 0.6) is 0 Å². The molecule has 0 heterocycles. The van der Waals surface area contributed by atoms with E-state index in [1.54, 1.807) is 24.3 Å². The highest BCUT2D eigenvalue weighted by atomic mass is 16.2. The van der Waals surface area contributed by atoms with Crippen molar-refractivity contribution in [1.82, 2.24) is 4.90 Å². The number of benzene rings is 1. The monoisotopic (exact) mass is 232 g/mol. The van der Waals surface area contributed by atoms with Gasteiger partial charge in [0.15, 0.2) is 0 Å². The van der Waals surface area contributed by atoms with E-state index in [1.165, 1.54) is 0 Å². The highest BCUT2D eigenvalue weighted by Crippen LogP contribution is 2.13. The number of carbonyl (C=O) groups is 1. The van der Waals surface area contributed by atoms with E-state index in [4.69, 9.17) is 11.0 Å². The van der Waals surface area contributed by atoms with Crippen LogP contribution in [-0.4, -0.2) is 37.5 Å². The largest absolute Gasteiger partial charge is 0.329 e. The third-order valence-electron chi connectivity index (χ3n) is 2.25. The molecule has 0 aliphatic carbocycles. The van der Waals surface area contributed by atoms with E-state index in [2.05, 4.69) is 5.32 Å². The first-order chi connectivity index (χ1) is 8.17. The second kappa shape index (κ2) is 6.63. The molecule has 0 atom stereocenters. The number of hydrogen-bond donors (Lipinski definition) is 2. The number of hydrogen-bond acceptors (Lipinski definition) is 4. The zero-order chi connectivity index (χ0) is 12.7. The van der Waals surface area contributed by atoms with Crippen molar-refractivity contribution in [2.75, 3.05) is 32.0 Å². The van der Waals surface area contributed by atoms with E-state index >= 15 is 0 Å². The molecule has 1 aromatic rings. The number of amides is 1. The van der Waals surface area contributed by atoms with Gasteiger partial charge in [-0.05, 0) is 19.2 Å². The van der Waals surface area contributed by atoms with E-state index in [9.17, 15) is 4.79 Å². The number of nitrogens with two attached hydrogens (primary N) is 1. The Bertz CT molecular complexity index is 425. The Balaban J connectivity index is 2.59. The summed E-state index contributed by atoms with van der Waals surface area (Å²) < 4.78 is 0. The lowest BCUT2D eigenvalue weighted by molar-refractivity contribution is -0.117. The molecule has 1 amide bonds. The Morgan fingerprint density at radius 3 is 2.88 bits per heavy atom. The molecule has 5 nitrogen and oxygen atoms in total. The first kappa shape index (κ1) is 13.2. The summed E-state index contributed by atoms with van der Waals surface area (Å²) in [6.07, 6.45) is 0. The lowest BCUT2D eigenvalue weighted by Gasteiger charge is -2.15. The highest BCUT2D eigenvalue weighted by molar-refractivity contribution is 5.93. The van der Waals surface area contributed by atoms with Gasteiger partial charge in [-0.15, -0.1) is 0 Å². The van der Waals surface area contributed by atoms with E-state index in [1.807, 2.05) is 18.0 Å². The lowest BCUT2D eigenvalue weighted by Crippen LogP contribution is -2.33. The van der Waals surface area contributed by atoms with Crippen molar-refractivity contribution in [3.8, 4) is 6.07 Å². The summed E-state index contributed by atoms with van der Waals surface area (Å²) >= 11 is 0. The topological polar surface area (TPSA) is 82.2 Å². The van der Waals surface area contributed by atoms with Gasteiger partial charge in [0.05, 0.1) is 17.8 Å². The predicted octanol–water partition coefficient (Wildman–Crippen LogP) is 0.387. The third kappa shape index (κ3) is 4.23. The van der Waals surface area contributed by atoms with Crippen LogP contribution in [0, 0.1) is 11.3 Å². The fraction of sp³-hybridized carbons (Fsp3) is 0.333. The van der Waals surface area contributed by atoms with E-state index in [0.717, 1.165) is 0 Å². The van der Waals surface area contributed by atoms with Crippen molar-refractivity contribution < 1.29 is 4.79 Å². The van der Waals surface area contributed by atoms with Crippen LogP contribution < -0.4 is 11.1 Å². The fourth-order valence-electron chi connectivity index (χ4n) is 1.42. The number of nitrogens with one attached hydrogen (secondary N) is 1. The Labute approximate surface area is 101 Å². The molecule has 0 spiro atoms. The molecule has 0 fully saturated rings. The molecule has 0 bridgehead atoms. The number of likely N-dealkylation sites (N-methyl/N-ethyl adjacent to an activating group) is 1. The van der Waals surface area contributed by atoms with Crippen LogP contribution in [0.1, 0.15) is 5.56 Å². The normalized spacial score (nSPS) is 10.0. The molecule has 0 saturated carbocycles. The van der Waals surface area contributed by atoms with Gasteiger partial charge in [-0.3, -0.25) is 9.69 Å². The fourth-order valence-corrected chi connectivity index (χ4v) is 1.42. The second-order valence-electron chi connectivity index (χ2n) is 3.73. The molecule has 0 saturated heterocycles. The van der Waals surface area contributed by atoms with Gasteiger partial charge in [0, 0.05) is 13.1 Å². The van der Waals surface area contributed by atoms with Crippen LogP contribution in [0.15, 0.2) is 24.3 Å². The number of anilines is 1. The number of rotatable bonds is 5. The molecular weight excluding hydrogens is 216 g/mol. The standard InChI is InChI=1S/C12H16N4O/c1-16(7-6-13)9-12(17)15-11-5-3-2-4-10(11)8-14/h2-5H,6-7,9,13H2,1H3,(H,15,17). The molecule has 0 radical (unpaired) electrons. The molecule has 17 heavy (non-hydrogen) atoms. The van der Waals surface area contributed by atoms with Gasteiger partial charge in [-0.2, -0.15) is 5.26 Å².